The quantitative estimate of drug-likeness (QED) is 0.822. The van der Waals surface area contributed by atoms with E-state index in [0.29, 0.717) is 0 Å². The van der Waals surface area contributed by atoms with Gasteiger partial charge in [-0.1, -0.05) is 25.1 Å². The summed E-state index contributed by atoms with van der Waals surface area (Å²) in [5.74, 6) is -0.516. The number of benzene rings is 1. The lowest BCUT2D eigenvalue weighted by atomic mass is 10.0. The second-order valence-electron chi connectivity index (χ2n) is 5.63. The number of likely N-dealkylation sites (N-methyl/N-ethyl adjacent to an activating group) is 1. The lowest BCUT2D eigenvalue weighted by Crippen LogP contribution is -2.27. The van der Waals surface area contributed by atoms with Crippen molar-refractivity contribution in [3.63, 3.8) is 0 Å². The first-order valence-electron chi connectivity index (χ1n) is 6.85. The molecule has 0 fully saturated rings. The predicted octanol–water partition coefficient (Wildman–Crippen LogP) is 2.89. The zero-order valence-electron chi connectivity index (χ0n) is 12.4. The SMILES string of the molecule is Cc1ccc(CCN(C)CC(C)CC(=O)O)cc1C. The van der Waals surface area contributed by atoms with Gasteiger partial charge < -0.3 is 10.0 Å². The van der Waals surface area contributed by atoms with E-state index in [-0.39, 0.29) is 12.3 Å². The molecule has 0 saturated heterocycles. The molecule has 0 bridgehead atoms. The van der Waals surface area contributed by atoms with Crippen LogP contribution in [0.5, 0.6) is 0 Å². The molecule has 1 aromatic carbocycles. The maximum Gasteiger partial charge on any atom is 0.303 e. The summed E-state index contributed by atoms with van der Waals surface area (Å²) in [7, 11) is 2.05. The van der Waals surface area contributed by atoms with Gasteiger partial charge in [0, 0.05) is 19.5 Å². The summed E-state index contributed by atoms with van der Waals surface area (Å²) in [5, 5.41) is 8.74. The summed E-state index contributed by atoms with van der Waals surface area (Å²) >= 11 is 0. The topological polar surface area (TPSA) is 40.5 Å². The highest BCUT2D eigenvalue weighted by atomic mass is 16.4. The Labute approximate surface area is 116 Å². The van der Waals surface area contributed by atoms with Crippen molar-refractivity contribution in [2.24, 2.45) is 5.92 Å². The van der Waals surface area contributed by atoms with Gasteiger partial charge in [-0.15, -0.1) is 0 Å². The molecule has 1 rings (SSSR count). The van der Waals surface area contributed by atoms with Gasteiger partial charge in [-0.25, -0.2) is 0 Å². The maximum atomic E-state index is 10.6. The molecule has 19 heavy (non-hydrogen) atoms. The highest BCUT2D eigenvalue weighted by Crippen LogP contribution is 2.11. The van der Waals surface area contributed by atoms with Crippen molar-refractivity contribution in [1.82, 2.24) is 4.90 Å². The van der Waals surface area contributed by atoms with Gasteiger partial charge in [-0.05, 0) is 49.9 Å². The fraction of sp³-hybridized carbons (Fsp3) is 0.562. The van der Waals surface area contributed by atoms with E-state index in [4.69, 9.17) is 5.11 Å². The highest BCUT2D eigenvalue weighted by Gasteiger charge is 2.10. The predicted molar refractivity (Wildman–Crippen MR) is 78.5 cm³/mol. The molecular weight excluding hydrogens is 238 g/mol. The van der Waals surface area contributed by atoms with Gasteiger partial charge in [0.2, 0.25) is 0 Å². The Hall–Kier alpha value is -1.35. The van der Waals surface area contributed by atoms with E-state index in [2.05, 4.69) is 44.0 Å². The first kappa shape index (κ1) is 15.7. The molecule has 0 aliphatic rings. The van der Waals surface area contributed by atoms with Crippen LogP contribution in [0.2, 0.25) is 0 Å². The molecule has 1 N–H and O–H groups in total. The summed E-state index contributed by atoms with van der Waals surface area (Å²) in [6.45, 7) is 8.04. The van der Waals surface area contributed by atoms with Crippen molar-refractivity contribution in [2.75, 3.05) is 20.1 Å². The van der Waals surface area contributed by atoms with Crippen LogP contribution in [-0.2, 0) is 11.2 Å². The number of rotatable bonds is 7. The van der Waals surface area contributed by atoms with Crippen molar-refractivity contribution in [3.8, 4) is 0 Å². The van der Waals surface area contributed by atoms with Gasteiger partial charge in [0.25, 0.3) is 0 Å². The first-order chi connectivity index (χ1) is 8.88. The Balaban J connectivity index is 2.39. The molecule has 1 unspecified atom stereocenters. The van der Waals surface area contributed by atoms with Crippen molar-refractivity contribution >= 4 is 5.97 Å². The summed E-state index contributed by atoms with van der Waals surface area (Å²) < 4.78 is 0. The van der Waals surface area contributed by atoms with Crippen molar-refractivity contribution in [2.45, 2.75) is 33.6 Å². The summed E-state index contributed by atoms with van der Waals surface area (Å²) in [4.78, 5) is 12.8. The molecule has 0 radical (unpaired) electrons. The van der Waals surface area contributed by atoms with E-state index >= 15 is 0 Å². The van der Waals surface area contributed by atoms with E-state index in [1.807, 2.05) is 6.92 Å². The van der Waals surface area contributed by atoms with E-state index < -0.39 is 5.97 Å². The minimum absolute atomic E-state index is 0.197. The first-order valence-corrected chi connectivity index (χ1v) is 6.85. The number of aryl methyl sites for hydroxylation is 2. The van der Waals surface area contributed by atoms with Crippen LogP contribution >= 0.6 is 0 Å². The molecule has 0 aliphatic carbocycles. The summed E-state index contributed by atoms with van der Waals surface area (Å²) in [6.07, 6.45) is 1.26. The highest BCUT2D eigenvalue weighted by molar-refractivity contribution is 5.66. The molecule has 1 atom stereocenters. The van der Waals surface area contributed by atoms with Crippen LogP contribution in [-0.4, -0.2) is 36.1 Å². The monoisotopic (exact) mass is 263 g/mol. The molecule has 3 heteroatoms. The van der Waals surface area contributed by atoms with Crippen LogP contribution in [0.3, 0.4) is 0 Å². The molecular formula is C16H25NO2. The fourth-order valence-corrected chi connectivity index (χ4v) is 2.26. The fourth-order valence-electron chi connectivity index (χ4n) is 2.26. The Kier molecular flexibility index (Phi) is 6.03. The van der Waals surface area contributed by atoms with Crippen LogP contribution < -0.4 is 0 Å². The molecule has 0 saturated carbocycles. The number of hydrogen-bond donors (Lipinski definition) is 1. The lowest BCUT2D eigenvalue weighted by molar-refractivity contribution is -0.138. The van der Waals surface area contributed by atoms with E-state index in [1.54, 1.807) is 0 Å². The van der Waals surface area contributed by atoms with Gasteiger partial charge in [-0.3, -0.25) is 4.79 Å². The average Bonchev–Trinajstić information content (AvgIpc) is 2.29. The maximum absolute atomic E-state index is 10.6. The van der Waals surface area contributed by atoms with Gasteiger partial charge >= 0.3 is 5.97 Å². The molecule has 3 nitrogen and oxygen atoms in total. The Morgan fingerprint density at radius 1 is 1.32 bits per heavy atom. The molecule has 0 heterocycles. The van der Waals surface area contributed by atoms with Gasteiger partial charge in [0.05, 0.1) is 0 Å². The standard InChI is InChI=1S/C16H25NO2/c1-12(9-16(18)19)11-17(4)8-7-15-6-5-13(2)14(3)10-15/h5-6,10,12H,7-9,11H2,1-4H3,(H,18,19). The van der Waals surface area contributed by atoms with Crippen LogP contribution in [0.25, 0.3) is 0 Å². The minimum Gasteiger partial charge on any atom is -0.481 e. The van der Waals surface area contributed by atoms with Crippen LogP contribution in [0.15, 0.2) is 18.2 Å². The summed E-state index contributed by atoms with van der Waals surface area (Å²) in [5.41, 5.74) is 4.01. The van der Waals surface area contributed by atoms with Crippen molar-refractivity contribution < 1.29 is 9.90 Å². The van der Waals surface area contributed by atoms with Gasteiger partial charge in [0.15, 0.2) is 0 Å². The van der Waals surface area contributed by atoms with Crippen LogP contribution in [0, 0.1) is 19.8 Å². The second kappa shape index (κ2) is 7.29. The van der Waals surface area contributed by atoms with Crippen LogP contribution in [0.4, 0.5) is 0 Å². The third kappa shape index (κ3) is 5.88. The molecule has 1 aromatic rings. The molecule has 0 spiro atoms. The second-order valence-corrected chi connectivity index (χ2v) is 5.63. The Morgan fingerprint density at radius 2 is 2.00 bits per heavy atom. The van der Waals surface area contributed by atoms with E-state index in [1.165, 1.54) is 16.7 Å². The third-order valence-corrected chi connectivity index (χ3v) is 3.50. The smallest absolute Gasteiger partial charge is 0.303 e. The zero-order chi connectivity index (χ0) is 14.4. The number of carboxylic acids is 1. The Morgan fingerprint density at radius 3 is 2.58 bits per heavy atom. The lowest BCUT2D eigenvalue weighted by Gasteiger charge is -2.20. The average molecular weight is 263 g/mol. The largest absolute Gasteiger partial charge is 0.481 e. The number of nitrogens with zero attached hydrogens (tertiary/aromatic N) is 1. The Bertz CT molecular complexity index is 429. The van der Waals surface area contributed by atoms with E-state index in [9.17, 15) is 4.79 Å². The van der Waals surface area contributed by atoms with Gasteiger partial charge in [-0.2, -0.15) is 0 Å². The number of hydrogen-bond acceptors (Lipinski definition) is 2. The molecule has 0 aliphatic heterocycles. The third-order valence-electron chi connectivity index (χ3n) is 3.50. The van der Waals surface area contributed by atoms with Gasteiger partial charge in [0.1, 0.15) is 0 Å². The normalized spacial score (nSPS) is 12.7. The van der Waals surface area contributed by atoms with Crippen molar-refractivity contribution in [3.05, 3.63) is 34.9 Å². The van der Waals surface area contributed by atoms with Crippen molar-refractivity contribution in [1.29, 1.82) is 0 Å². The molecule has 106 valence electrons. The van der Waals surface area contributed by atoms with E-state index in [0.717, 1.165) is 19.5 Å². The minimum atomic E-state index is -0.713. The number of carboxylic acid groups (broad SMARTS) is 1. The number of carbonyl (C=O) groups is 1. The zero-order valence-corrected chi connectivity index (χ0v) is 12.4. The number of aliphatic carboxylic acids is 1. The molecule has 0 amide bonds. The summed E-state index contributed by atoms with van der Waals surface area (Å²) in [6, 6.07) is 6.58. The molecule has 0 aromatic heterocycles. The van der Waals surface area contributed by atoms with Crippen LogP contribution in [0.1, 0.15) is 30.0 Å².